The average molecular weight is 279 g/mol. The van der Waals surface area contributed by atoms with Gasteiger partial charge in [0.1, 0.15) is 11.4 Å². The van der Waals surface area contributed by atoms with E-state index in [1.165, 1.54) is 0 Å². The van der Waals surface area contributed by atoms with E-state index < -0.39 is 0 Å². The molecular weight excluding hydrogens is 262 g/mol. The number of hydrogen-bond acceptors (Lipinski definition) is 4. The Balaban J connectivity index is 2.12. The molecule has 4 nitrogen and oxygen atoms in total. The highest BCUT2D eigenvalue weighted by Gasteiger charge is 2.09. The second-order valence-electron chi connectivity index (χ2n) is 4.65. The molecule has 4 heteroatoms. The number of aromatic nitrogens is 2. The van der Waals surface area contributed by atoms with Gasteiger partial charge in [-0.05, 0) is 31.2 Å². The first-order valence-corrected chi connectivity index (χ1v) is 7.00. The predicted octanol–water partition coefficient (Wildman–Crippen LogP) is 3.74. The van der Waals surface area contributed by atoms with E-state index in [1.54, 1.807) is 0 Å². The van der Waals surface area contributed by atoms with Crippen molar-refractivity contribution in [3.05, 3.63) is 48.5 Å². The molecule has 0 spiro atoms. The highest BCUT2D eigenvalue weighted by atomic mass is 16.5. The Morgan fingerprint density at radius 2 is 1.67 bits per heavy atom. The van der Waals surface area contributed by atoms with E-state index in [0.29, 0.717) is 6.61 Å². The van der Waals surface area contributed by atoms with Gasteiger partial charge in [-0.2, -0.15) is 0 Å². The van der Waals surface area contributed by atoms with Crippen LogP contribution in [0.4, 0.5) is 5.82 Å². The first-order valence-electron chi connectivity index (χ1n) is 7.00. The molecular formula is C17H17N3O. The first kappa shape index (κ1) is 13.4. The summed E-state index contributed by atoms with van der Waals surface area (Å²) in [4.78, 5) is 0. The molecule has 1 aromatic heterocycles. The van der Waals surface area contributed by atoms with Crippen LogP contribution in [-0.4, -0.2) is 23.9 Å². The third-order valence-corrected chi connectivity index (χ3v) is 3.36. The molecule has 0 amide bonds. The molecule has 3 rings (SSSR count). The summed E-state index contributed by atoms with van der Waals surface area (Å²) < 4.78 is 5.47. The SMILES string of the molecule is CCOc1ccc(-c2nnc(NC)c3ccccc23)cc1. The van der Waals surface area contributed by atoms with Crippen molar-refractivity contribution in [3.8, 4) is 17.0 Å². The van der Waals surface area contributed by atoms with Gasteiger partial charge in [0.05, 0.1) is 6.61 Å². The molecule has 0 bridgehead atoms. The maximum Gasteiger partial charge on any atom is 0.156 e. The van der Waals surface area contributed by atoms with Crippen LogP contribution >= 0.6 is 0 Å². The zero-order valence-corrected chi connectivity index (χ0v) is 12.1. The van der Waals surface area contributed by atoms with Crippen LogP contribution in [0.5, 0.6) is 5.75 Å². The topological polar surface area (TPSA) is 47.0 Å². The molecule has 21 heavy (non-hydrogen) atoms. The summed E-state index contributed by atoms with van der Waals surface area (Å²) in [7, 11) is 1.85. The fourth-order valence-electron chi connectivity index (χ4n) is 2.38. The third kappa shape index (κ3) is 2.52. The number of anilines is 1. The van der Waals surface area contributed by atoms with E-state index in [0.717, 1.165) is 33.6 Å². The van der Waals surface area contributed by atoms with Gasteiger partial charge in [0.25, 0.3) is 0 Å². The van der Waals surface area contributed by atoms with E-state index in [-0.39, 0.29) is 0 Å². The summed E-state index contributed by atoms with van der Waals surface area (Å²) in [5.74, 6) is 1.66. The highest BCUT2D eigenvalue weighted by molar-refractivity contribution is 5.99. The van der Waals surface area contributed by atoms with Gasteiger partial charge in [-0.25, -0.2) is 0 Å². The fraction of sp³-hybridized carbons (Fsp3) is 0.176. The first-order chi connectivity index (χ1) is 10.3. The molecule has 0 atom stereocenters. The number of benzene rings is 2. The molecule has 1 heterocycles. The largest absolute Gasteiger partial charge is 0.494 e. The van der Waals surface area contributed by atoms with Crippen molar-refractivity contribution in [2.24, 2.45) is 0 Å². The molecule has 0 aliphatic carbocycles. The Labute approximate surface area is 123 Å². The van der Waals surface area contributed by atoms with Crippen molar-refractivity contribution in [2.45, 2.75) is 6.92 Å². The maximum atomic E-state index is 5.47. The van der Waals surface area contributed by atoms with Crippen LogP contribution < -0.4 is 10.1 Å². The maximum absolute atomic E-state index is 5.47. The van der Waals surface area contributed by atoms with Gasteiger partial charge >= 0.3 is 0 Å². The minimum Gasteiger partial charge on any atom is -0.494 e. The molecule has 0 radical (unpaired) electrons. The number of nitrogens with zero attached hydrogens (tertiary/aromatic N) is 2. The summed E-state index contributed by atoms with van der Waals surface area (Å²) in [6.45, 7) is 2.64. The van der Waals surface area contributed by atoms with Gasteiger partial charge in [-0.1, -0.05) is 24.3 Å². The number of ether oxygens (including phenoxy) is 1. The van der Waals surface area contributed by atoms with Crippen LogP contribution in [0.15, 0.2) is 48.5 Å². The molecule has 106 valence electrons. The minimum absolute atomic E-state index is 0.666. The van der Waals surface area contributed by atoms with Crippen molar-refractivity contribution in [1.29, 1.82) is 0 Å². The Kier molecular flexibility index (Phi) is 3.69. The molecule has 0 saturated heterocycles. The predicted molar refractivity (Wildman–Crippen MR) is 85.7 cm³/mol. The lowest BCUT2D eigenvalue weighted by Crippen LogP contribution is -1.98. The third-order valence-electron chi connectivity index (χ3n) is 3.36. The van der Waals surface area contributed by atoms with Gasteiger partial charge in [-0.15, -0.1) is 10.2 Å². The Bertz CT molecular complexity index is 754. The number of hydrogen-bond donors (Lipinski definition) is 1. The highest BCUT2D eigenvalue weighted by Crippen LogP contribution is 2.30. The lowest BCUT2D eigenvalue weighted by molar-refractivity contribution is 0.340. The zero-order valence-electron chi connectivity index (χ0n) is 12.1. The molecule has 0 unspecified atom stereocenters. The van der Waals surface area contributed by atoms with Crippen LogP contribution in [-0.2, 0) is 0 Å². The minimum atomic E-state index is 0.666. The van der Waals surface area contributed by atoms with Crippen LogP contribution in [0.1, 0.15) is 6.92 Å². The Morgan fingerprint density at radius 1 is 0.952 bits per heavy atom. The monoisotopic (exact) mass is 279 g/mol. The van der Waals surface area contributed by atoms with Crippen LogP contribution in [0, 0.1) is 0 Å². The molecule has 0 aliphatic heterocycles. The van der Waals surface area contributed by atoms with Crippen molar-refractivity contribution in [2.75, 3.05) is 19.0 Å². The summed E-state index contributed by atoms with van der Waals surface area (Å²) in [6, 6.07) is 16.1. The molecule has 0 saturated carbocycles. The molecule has 1 N–H and O–H groups in total. The van der Waals surface area contributed by atoms with Crippen molar-refractivity contribution < 1.29 is 4.74 Å². The lowest BCUT2D eigenvalue weighted by atomic mass is 10.0. The van der Waals surface area contributed by atoms with E-state index in [1.807, 2.05) is 56.4 Å². The van der Waals surface area contributed by atoms with Gasteiger partial charge in [-0.3, -0.25) is 0 Å². The fourth-order valence-corrected chi connectivity index (χ4v) is 2.38. The number of nitrogens with one attached hydrogen (secondary N) is 1. The number of rotatable bonds is 4. The van der Waals surface area contributed by atoms with Crippen molar-refractivity contribution in [3.63, 3.8) is 0 Å². The standard InChI is InChI=1S/C17H17N3O/c1-3-21-13-10-8-12(9-11-13)16-14-6-4-5-7-15(14)17(18-2)20-19-16/h4-11H,3H2,1-2H3,(H,18,20). The van der Waals surface area contributed by atoms with E-state index in [9.17, 15) is 0 Å². The van der Waals surface area contributed by atoms with Crippen LogP contribution in [0.2, 0.25) is 0 Å². The molecule has 0 fully saturated rings. The summed E-state index contributed by atoms with van der Waals surface area (Å²) in [6.07, 6.45) is 0. The second-order valence-corrected chi connectivity index (χ2v) is 4.65. The van der Waals surface area contributed by atoms with Gasteiger partial charge in [0, 0.05) is 23.4 Å². The molecule has 2 aromatic carbocycles. The van der Waals surface area contributed by atoms with E-state index in [2.05, 4.69) is 21.6 Å². The second kappa shape index (κ2) is 5.79. The van der Waals surface area contributed by atoms with Crippen molar-refractivity contribution >= 4 is 16.6 Å². The normalized spacial score (nSPS) is 10.6. The van der Waals surface area contributed by atoms with Crippen LogP contribution in [0.25, 0.3) is 22.0 Å². The summed E-state index contributed by atoms with van der Waals surface area (Å²) in [5, 5.41) is 13.9. The van der Waals surface area contributed by atoms with Gasteiger partial charge in [0.15, 0.2) is 5.82 Å². The Morgan fingerprint density at radius 3 is 2.33 bits per heavy atom. The molecule has 3 aromatic rings. The van der Waals surface area contributed by atoms with Gasteiger partial charge in [0.2, 0.25) is 0 Å². The van der Waals surface area contributed by atoms with Crippen LogP contribution in [0.3, 0.4) is 0 Å². The summed E-state index contributed by atoms with van der Waals surface area (Å²) in [5.41, 5.74) is 1.91. The molecule has 0 aliphatic rings. The summed E-state index contributed by atoms with van der Waals surface area (Å²) >= 11 is 0. The van der Waals surface area contributed by atoms with E-state index in [4.69, 9.17) is 4.74 Å². The van der Waals surface area contributed by atoms with E-state index >= 15 is 0 Å². The van der Waals surface area contributed by atoms with Gasteiger partial charge < -0.3 is 10.1 Å². The average Bonchev–Trinajstić information content (AvgIpc) is 2.55. The lowest BCUT2D eigenvalue weighted by Gasteiger charge is -2.09. The quantitative estimate of drug-likeness (QED) is 0.790. The zero-order chi connectivity index (χ0) is 14.7. The Hall–Kier alpha value is -2.62. The smallest absolute Gasteiger partial charge is 0.156 e. The van der Waals surface area contributed by atoms with Crippen molar-refractivity contribution in [1.82, 2.24) is 10.2 Å². The number of fused-ring (bicyclic) bond motifs is 1.